The number of aryl methyl sites for hydroxylation is 2. The summed E-state index contributed by atoms with van der Waals surface area (Å²) in [7, 11) is 0. The van der Waals surface area contributed by atoms with Crippen molar-refractivity contribution in [1.29, 1.82) is 0 Å². The SMILES string of the molecule is Cc1ccccc1C(C)(c1ccccc1C)c1ccccc1Nc1ccccc1. The fourth-order valence-electron chi connectivity index (χ4n) is 4.41. The Bertz CT molecular complexity index is 1070. The lowest BCUT2D eigenvalue weighted by Gasteiger charge is -2.36. The van der Waals surface area contributed by atoms with E-state index in [1.165, 1.54) is 27.8 Å². The van der Waals surface area contributed by atoms with Crippen molar-refractivity contribution in [2.24, 2.45) is 0 Å². The van der Waals surface area contributed by atoms with Gasteiger partial charge >= 0.3 is 0 Å². The Morgan fingerprint density at radius 3 is 1.52 bits per heavy atom. The molecule has 0 heterocycles. The number of anilines is 2. The summed E-state index contributed by atoms with van der Waals surface area (Å²) in [6.45, 7) is 6.77. The lowest BCUT2D eigenvalue weighted by atomic mass is 9.68. The van der Waals surface area contributed by atoms with Gasteiger partial charge in [-0.25, -0.2) is 0 Å². The van der Waals surface area contributed by atoms with E-state index in [1.54, 1.807) is 0 Å². The van der Waals surface area contributed by atoms with Crippen molar-refractivity contribution < 1.29 is 0 Å². The van der Waals surface area contributed by atoms with Crippen molar-refractivity contribution >= 4 is 11.4 Å². The Labute approximate surface area is 174 Å². The van der Waals surface area contributed by atoms with Crippen molar-refractivity contribution in [2.45, 2.75) is 26.2 Å². The maximum atomic E-state index is 3.66. The third kappa shape index (κ3) is 3.56. The van der Waals surface area contributed by atoms with Crippen LogP contribution in [0, 0.1) is 13.8 Å². The minimum atomic E-state index is -0.283. The zero-order chi connectivity index (χ0) is 20.3. The second-order valence-corrected chi connectivity index (χ2v) is 7.79. The van der Waals surface area contributed by atoms with E-state index in [0.717, 1.165) is 11.4 Å². The molecule has 4 aromatic carbocycles. The molecule has 0 fully saturated rings. The molecule has 0 saturated carbocycles. The van der Waals surface area contributed by atoms with Crippen LogP contribution in [0.3, 0.4) is 0 Å². The van der Waals surface area contributed by atoms with Gasteiger partial charge in [0.25, 0.3) is 0 Å². The van der Waals surface area contributed by atoms with E-state index < -0.39 is 0 Å². The van der Waals surface area contributed by atoms with Gasteiger partial charge in [-0.1, -0.05) is 84.9 Å². The van der Waals surface area contributed by atoms with E-state index in [4.69, 9.17) is 0 Å². The smallest absolute Gasteiger partial charge is 0.0448 e. The van der Waals surface area contributed by atoms with Gasteiger partial charge in [0, 0.05) is 16.8 Å². The molecule has 0 aliphatic carbocycles. The number of nitrogens with one attached hydrogen (secondary N) is 1. The number of rotatable bonds is 5. The summed E-state index contributed by atoms with van der Waals surface area (Å²) in [6.07, 6.45) is 0. The number of benzene rings is 4. The molecule has 0 radical (unpaired) electrons. The van der Waals surface area contributed by atoms with Gasteiger partial charge in [0.1, 0.15) is 0 Å². The monoisotopic (exact) mass is 377 g/mol. The molecule has 144 valence electrons. The summed E-state index contributed by atoms with van der Waals surface area (Å²) in [5, 5.41) is 3.66. The first kappa shape index (κ1) is 19.0. The molecule has 0 bridgehead atoms. The first-order valence-corrected chi connectivity index (χ1v) is 10.1. The lowest BCUT2D eigenvalue weighted by molar-refractivity contribution is 0.683. The van der Waals surface area contributed by atoms with Crippen LogP contribution in [0.15, 0.2) is 103 Å². The van der Waals surface area contributed by atoms with E-state index in [2.05, 4.69) is 123 Å². The fourth-order valence-corrected chi connectivity index (χ4v) is 4.41. The Balaban J connectivity index is 1.97. The van der Waals surface area contributed by atoms with E-state index in [1.807, 2.05) is 6.07 Å². The molecule has 4 aromatic rings. The predicted octanol–water partition coefficient (Wildman–Crippen LogP) is 7.40. The van der Waals surface area contributed by atoms with Crippen LogP contribution in [0.5, 0.6) is 0 Å². The van der Waals surface area contributed by atoms with Crippen LogP contribution in [0.25, 0.3) is 0 Å². The molecule has 0 saturated heterocycles. The van der Waals surface area contributed by atoms with Crippen LogP contribution in [0.4, 0.5) is 11.4 Å². The maximum absolute atomic E-state index is 3.66. The highest BCUT2D eigenvalue weighted by molar-refractivity contribution is 5.69. The Kier molecular flexibility index (Phi) is 5.22. The molecule has 1 nitrogen and oxygen atoms in total. The number of hydrogen-bond acceptors (Lipinski definition) is 1. The van der Waals surface area contributed by atoms with E-state index in [9.17, 15) is 0 Å². The van der Waals surface area contributed by atoms with Crippen molar-refractivity contribution in [3.05, 3.63) is 131 Å². The van der Waals surface area contributed by atoms with Gasteiger partial charge < -0.3 is 5.32 Å². The molecule has 1 heteroatoms. The first-order chi connectivity index (χ1) is 14.1. The highest BCUT2D eigenvalue weighted by atomic mass is 14.9. The van der Waals surface area contributed by atoms with Gasteiger partial charge in [0.2, 0.25) is 0 Å². The fraction of sp³-hybridized carbons (Fsp3) is 0.143. The topological polar surface area (TPSA) is 12.0 Å². The summed E-state index contributed by atoms with van der Waals surface area (Å²) in [5.41, 5.74) is 8.47. The van der Waals surface area contributed by atoms with Crippen LogP contribution in [0.2, 0.25) is 0 Å². The normalized spacial score (nSPS) is 11.3. The third-order valence-corrected chi connectivity index (χ3v) is 5.89. The summed E-state index contributed by atoms with van der Waals surface area (Å²) in [6, 6.07) is 36.5. The largest absolute Gasteiger partial charge is 0.355 e. The molecule has 0 unspecified atom stereocenters. The van der Waals surface area contributed by atoms with Gasteiger partial charge in [0.05, 0.1) is 0 Å². The Hall–Kier alpha value is -3.32. The van der Waals surface area contributed by atoms with Gasteiger partial charge in [0.15, 0.2) is 0 Å². The standard InChI is InChI=1S/C28H27N/c1-21-13-7-9-17-24(21)28(3,25-18-10-8-14-22(25)2)26-19-11-12-20-27(26)29-23-15-5-4-6-16-23/h4-20,29H,1-3H3. The van der Waals surface area contributed by atoms with Crippen molar-refractivity contribution in [3.63, 3.8) is 0 Å². The summed E-state index contributed by atoms with van der Waals surface area (Å²) >= 11 is 0. The quantitative estimate of drug-likeness (QED) is 0.357. The van der Waals surface area contributed by atoms with E-state index >= 15 is 0 Å². The highest BCUT2D eigenvalue weighted by Crippen LogP contribution is 2.44. The molecule has 0 aromatic heterocycles. The van der Waals surface area contributed by atoms with Crippen LogP contribution < -0.4 is 5.32 Å². The third-order valence-electron chi connectivity index (χ3n) is 5.89. The molecule has 29 heavy (non-hydrogen) atoms. The summed E-state index contributed by atoms with van der Waals surface area (Å²) < 4.78 is 0. The Morgan fingerprint density at radius 2 is 0.966 bits per heavy atom. The second kappa shape index (κ2) is 7.97. The highest BCUT2D eigenvalue weighted by Gasteiger charge is 2.35. The molecule has 4 rings (SSSR count). The van der Waals surface area contributed by atoms with E-state index in [0.29, 0.717) is 0 Å². The van der Waals surface area contributed by atoms with Crippen LogP contribution in [-0.2, 0) is 5.41 Å². The first-order valence-electron chi connectivity index (χ1n) is 10.1. The number of hydrogen-bond donors (Lipinski definition) is 1. The molecular weight excluding hydrogens is 350 g/mol. The minimum absolute atomic E-state index is 0.283. The Morgan fingerprint density at radius 1 is 0.517 bits per heavy atom. The van der Waals surface area contributed by atoms with Gasteiger partial charge in [-0.15, -0.1) is 0 Å². The lowest BCUT2D eigenvalue weighted by Crippen LogP contribution is -2.28. The predicted molar refractivity (Wildman–Crippen MR) is 124 cm³/mol. The molecule has 0 amide bonds. The van der Waals surface area contributed by atoms with Crippen molar-refractivity contribution in [3.8, 4) is 0 Å². The van der Waals surface area contributed by atoms with Crippen LogP contribution in [-0.4, -0.2) is 0 Å². The zero-order valence-electron chi connectivity index (χ0n) is 17.3. The summed E-state index contributed by atoms with van der Waals surface area (Å²) in [4.78, 5) is 0. The molecule has 0 aliphatic rings. The van der Waals surface area contributed by atoms with Crippen LogP contribution in [0.1, 0.15) is 34.7 Å². The number of para-hydroxylation sites is 2. The maximum Gasteiger partial charge on any atom is 0.0448 e. The molecular formula is C28H27N. The van der Waals surface area contributed by atoms with Crippen LogP contribution >= 0.6 is 0 Å². The van der Waals surface area contributed by atoms with Gasteiger partial charge in [-0.3, -0.25) is 0 Å². The zero-order valence-corrected chi connectivity index (χ0v) is 17.3. The van der Waals surface area contributed by atoms with Gasteiger partial charge in [-0.2, -0.15) is 0 Å². The minimum Gasteiger partial charge on any atom is -0.355 e. The summed E-state index contributed by atoms with van der Waals surface area (Å²) in [5.74, 6) is 0. The van der Waals surface area contributed by atoms with Crippen molar-refractivity contribution in [1.82, 2.24) is 0 Å². The second-order valence-electron chi connectivity index (χ2n) is 7.79. The molecule has 0 spiro atoms. The average molecular weight is 378 g/mol. The molecule has 0 atom stereocenters. The molecule has 1 N–H and O–H groups in total. The molecule has 0 aliphatic heterocycles. The van der Waals surface area contributed by atoms with Gasteiger partial charge in [-0.05, 0) is 66.8 Å². The van der Waals surface area contributed by atoms with Crippen molar-refractivity contribution in [2.75, 3.05) is 5.32 Å². The van der Waals surface area contributed by atoms with E-state index in [-0.39, 0.29) is 5.41 Å². The average Bonchev–Trinajstić information content (AvgIpc) is 2.75.